The maximum atomic E-state index is 12.8. The number of methoxy groups -OCH3 is 1. The molecule has 2 aliphatic rings. The summed E-state index contributed by atoms with van der Waals surface area (Å²) in [7, 11) is 1.63. The Labute approximate surface area is 159 Å². The van der Waals surface area contributed by atoms with Gasteiger partial charge in [0.25, 0.3) is 0 Å². The Morgan fingerprint density at radius 2 is 1.89 bits per heavy atom. The summed E-state index contributed by atoms with van der Waals surface area (Å²) < 4.78 is 17.3. The van der Waals surface area contributed by atoms with Crippen molar-refractivity contribution in [3.63, 3.8) is 0 Å². The highest BCUT2D eigenvalue weighted by Crippen LogP contribution is 2.43. The molecule has 1 spiro atoms. The fourth-order valence-corrected chi connectivity index (χ4v) is 4.06. The minimum Gasteiger partial charge on any atom is -0.496 e. The van der Waals surface area contributed by atoms with Crippen LogP contribution in [0.5, 0.6) is 11.5 Å². The smallest absolute Gasteiger partial charge is 0.225 e. The molecule has 1 saturated heterocycles. The van der Waals surface area contributed by atoms with Gasteiger partial charge < -0.3 is 19.5 Å². The summed E-state index contributed by atoms with van der Waals surface area (Å²) in [6.45, 7) is 1.40. The number of carbonyl (C=O) groups is 1. The highest BCUT2D eigenvalue weighted by atomic mass is 16.5. The van der Waals surface area contributed by atoms with Crippen molar-refractivity contribution in [2.75, 3.05) is 20.3 Å². The van der Waals surface area contributed by atoms with Gasteiger partial charge in [0.1, 0.15) is 17.1 Å². The molecule has 0 aromatic heterocycles. The van der Waals surface area contributed by atoms with E-state index in [-0.39, 0.29) is 17.6 Å². The lowest BCUT2D eigenvalue weighted by molar-refractivity contribution is -0.122. The van der Waals surface area contributed by atoms with E-state index in [2.05, 4.69) is 5.32 Å². The minimum absolute atomic E-state index is 0.0107. The summed E-state index contributed by atoms with van der Waals surface area (Å²) >= 11 is 0. The third-order valence-corrected chi connectivity index (χ3v) is 5.48. The summed E-state index contributed by atoms with van der Waals surface area (Å²) in [4.78, 5) is 12.8. The first-order valence-corrected chi connectivity index (χ1v) is 9.46. The number of rotatable bonds is 4. The van der Waals surface area contributed by atoms with Crippen LogP contribution in [-0.4, -0.2) is 31.8 Å². The van der Waals surface area contributed by atoms with Crippen molar-refractivity contribution in [1.29, 1.82) is 0 Å². The fourth-order valence-electron chi connectivity index (χ4n) is 4.06. The average molecular weight is 367 g/mol. The molecule has 0 radical (unpaired) electrons. The van der Waals surface area contributed by atoms with Crippen molar-refractivity contribution in [2.45, 2.75) is 37.3 Å². The zero-order valence-corrected chi connectivity index (χ0v) is 15.6. The van der Waals surface area contributed by atoms with Crippen molar-refractivity contribution >= 4 is 5.91 Å². The van der Waals surface area contributed by atoms with Gasteiger partial charge in [-0.1, -0.05) is 36.4 Å². The predicted octanol–water partition coefficient (Wildman–Crippen LogP) is 3.43. The molecule has 1 unspecified atom stereocenters. The summed E-state index contributed by atoms with van der Waals surface area (Å²) in [6.07, 6.45) is 2.76. The maximum absolute atomic E-state index is 12.8. The van der Waals surface area contributed by atoms with Gasteiger partial charge in [0, 0.05) is 30.4 Å². The standard InChI is InChI=1S/C22H25NO4/c1-25-19-8-4-2-6-16(19)14-21(24)23-18-15-22(10-12-26-13-11-22)27-20-9-5-3-7-17(18)20/h2-9,18H,10-15H2,1H3,(H,23,24). The third kappa shape index (κ3) is 3.78. The van der Waals surface area contributed by atoms with Crippen LogP contribution in [0.2, 0.25) is 0 Å². The first kappa shape index (κ1) is 17.9. The Hall–Kier alpha value is -2.53. The van der Waals surface area contributed by atoms with Crippen LogP contribution in [0.25, 0.3) is 0 Å². The summed E-state index contributed by atoms with van der Waals surface area (Å²) in [6, 6.07) is 15.6. The number of nitrogens with one attached hydrogen (secondary N) is 1. The number of ether oxygens (including phenoxy) is 3. The summed E-state index contributed by atoms with van der Waals surface area (Å²) in [5.41, 5.74) is 1.68. The van der Waals surface area contributed by atoms with Crippen LogP contribution in [0.4, 0.5) is 0 Å². The van der Waals surface area contributed by atoms with Crippen LogP contribution in [0, 0.1) is 0 Å². The second kappa shape index (κ2) is 7.61. The third-order valence-electron chi connectivity index (χ3n) is 5.48. The molecule has 5 nitrogen and oxygen atoms in total. The van der Waals surface area contributed by atoms with Crippen molar-refractivity contribution in [3.8, 4) is 11.5 Å². The van der Waals surface area contributed by atoms with E-state index in [0.717, 1.165) is 41.9 Å². The maximum Gasteiger partial charge on any atom is 0.225 e. The van der Waals surface area contributed by atoms with Crippen molar-refractivity contribution in [1.82, 2.24) is 5.32 Å². The molecule has 2 aromatic rings. The lowest BCUT2D eigenvalue weighted by Crippen LogP contribution is -2.48. The van der Waals surface area contributed by atoms with E-state index in [1.807, 2.05) is 48.5 Å². The van der Waals surface area contributed by atoms with E-state index < -0.39 is 0 Å². The van der Waals surface area contributed by atoms with Crippen LogP contribution in [0.15, 0.2) is 48.5 Å². The SMILES string of the molecule is COc1ccccc1CC(=O)NC1CC2(CCOCC2)Oc2ccccc21. The van der Waals surface area contributed by atoms with Crippen LogP contribution in [0.3, 0.4) is 0 Å². The van der Waals surface area contributed by atoms with Crippen LogP contribution in [-0.2, 0) is 16.0 Å². The van der Waals surface area contributed by atoms with E-state index in [4.69, 9.17) is 14.2 Å². The number of carbonyl (C=O) groups excluding carboxylic acids is 1. The monoisotopic (exact) mass is 367 g/mol. The van der Waals surface area contributed by atoms with E-state index >= 15 is 0 Å². The molecule has 1 fully saturated rings. The lowest BCUT2D eigenvalue weighted by atomic mass is 9.82. The van der Waals surface area contributed by atoms with Gasteiger partial charge in [0.2, 0.25) is 5.91 Å². The van der Waals surface area contributed by atoms with Gasteiger partial charge in [-0.3, -0.25) is 4.79 Å². The molecule has 1 N–H and O–H groups in total. The second-order valence-corrected chi connectivity index (χ2v) is 7.25. The highest BCUT2D eigenvalue weighted by molar-refractivity contribution is 5.80. The average Bonchev–Trinajstić information content (AvgIpc) is 2.69. The summed E-state index contributed by atoms with van der Waals surface area (Å²) in [5.74, 6) is 1.59. The largest absolute Gasteiger partial charge is 0.496 e. The topological polar surface area (TPSA) is 56.8 Å². The van der Waals surface area contributed by atoms with Gasteiger partial charge >= 0.3 is 0 Å². The Bertz CT molecular complexity index is 813. The Balaban J connectivity index is 1.54. The Kier molecular flexibility index (Phi) is 5.03. The molecule has 142 valence electrons. The molecule has 1 atom stereocenters. The molecule has 0 saturated carbocycles. The predicted molar refractivity (Wildman–Crippen MR) is 102 cm³/mol. The molecule has 5 heteroatoms. The minimum atomic E-state index is -0.255. The van der Waals surface area contributed by atoms with E-state index in [0.29, 0.717) is 19.6 Å². The van der Waals surface area contributed by atoms with Gasteiger partial charge in [0.05, 0.1) is 32.8 Å². The van der Waals surface area contributed by atoms with Crippen molar-refractivity contribution in [2.24, 2.45) is 0 Å². The van der Waals surface area contributed by atoms with E-state index in [9.17, 15) is 4.79 Å². The zero-order chi connectivity index (χ0) is 18.7. The number of amides is 1. The lowest BCUT2D eigenvalue weighted by Gasteiger charge is -2.44. The van der Waals surface area contributed by atoms with Gasteiger partial charge in [-0.25, -0.2) is 0 Å². The second-order valence-electron chi connectivity index (χ2n) is 7.25. The van der Waals surface area contributed by atoms with Gasteiger partial charge in [-0.05, 0) is 12.1 Å². The number of hydrogen-bond acceptors (Lipinski definition) is 4. The van der Waals surface area contributed by atoms with E-state index in [1.54, 1.807) is 7.11 Å². The first-order valence-electron chi connectivity index (χ1n) is 9.46. The van der Waals surface area contributed by atoms with Crippen LogP contribution in [0.1, 0.15) is 36.4 Å². The normalized spacial score (nSPS) is 20.4. The first-order chi connectivity index (χ1) is 13.2. The quantitative estimate of drug-likeness (QED) is 0.900. The van der Waals surface area contributed by atoms with Crippen LogP contribution < -0.4 is 14.8 Å². The van der Waals surface area contributed by atoms with Crippen molar-refractivity contribution < 1.29 is 19.0 Å². The number of hydrogen-bond donors (Lipinski definition) is 1. The molecule has 27 heavy (non-hydrogen) atoms. The Morgan fingerprint density at radius 3 is 2.70 bits per heavy atom. The number of fused-ring (bicyclic) bond motifs is 1. The van der Waals surface area contributed by atoms with Crippen molar-refractivity contribution in [3.05, 3.63) is 59.7 Å². The van der Waals surface area contributed by atoms with Gasteiger partial charge in [-0.15, -0.1) is 0 Å². The molecular formula is C22H25NO4. The molecule has 0 aliphatic carbocycles. The molecule has 0 bridgehead atoms. The molecule has 2 aromatic carbocycles. The molecule has 2 aliphatic heterocycles. The van der Waals surface area contributed by atoms with Gasteiger partial charge in [0.15, 0.2) is 0 Å². The molecule has 1 amide bonds. The number of para-hydroxylation sites is 2. The molecule has 2 heterocycles. The fraction of sp³-hybridized carbons (Fsp3) is 0.409. The van der Waals surface area contributed by atoms with E-state index in [1.165, 1.54) is 0 Å². The van der Waals surface area contributed by atoms with Gasteiger partial charge in [-0.2, -0.15) is 0 Å². The molecular weight excluding hydrogens is 342 g/mol. The Morgan fingerprint density at radius 1 is 1.15 bits per heavy atom. The summed E-state index contributed by atoms with van der Waals surface area (Å²) in [5, 5.41) is 3.23. The van der Waals surface area contributed by atoms with Crippen LogP contribution >= 0.6 is 0 Å². The molecule has 4 rings (SSSR count). The number of benzene rings is 2. The zero-order valence-electron chi connectivity index (χ0n) is 15.6. The highest BCUT2D eigenvalue weighted by Gasteiger charge is 2.42.